The zero-order valence-electron chi connectivity index (χ0n) is 14.5. The molecule has 0 saturated carbocycles. The van der Waals surface area contributed by atoms with Crippen molar-refractivity contribution in [3.8, 4) is 11.4 Å². The maximum Gasteiger partial charge on any atom is 0.240 e. The van der Waals surface area contributed by atoms with Gasteiger partial charge in [0.15, 0.2) is 0 Å². The quantitative estimate of drug-likeness (QED) is 0.749. The number of rotatable bonds is 5. The minimum atomic E-state index is -0.655. The molecule has 1 aliphatic rings. The number of para-hydroxylation sites is 1. The number of fused-ring (bicyclic) bond motifs is 1. The smallest absolute Gasteiger partial charge is 0.240 e. The van der Waals surface area contributed by atoms with Gasteiger partial charge >= 0.3 is 0 Å². The van der Waals surface area contributed by atoms with Gasteiger partial charge in [0.25, 0.3) is 0 Å². The lowest BCUT2D eigenvalue weighted by Gasteiger charge is -2.23. The second-order valence-corrected chi connectivity index (χ2v) is 6.39. The Hall–Kier alpha value is -3.48. The topological polar surface area (TPSA) is 102 Å². The van der Waals surface area contributed by atoms with Crippen LogP contribution in [-0.4, -0.2) is 28.0 Å². The highest BCUT2D eigenvalue weighted by molar-refractivity contribution is 6.03. The fourth-order valence-electron chi connectivity index (χ4n) is 3.32. The molecule has 0 fully saturated rings. The molecule has 0 spiro atoms. The number of amides is 2. The molecule has 3 aromatic rings. The maximum atomic E-state index is 12.8. The van der Waals surface area contributed by atoms with Crippen LogP contribution >= 0.6 is 0 Å². The van der Waals surface area contributed by atoms with Crippen molar-refractivity contribution in [3.05, 3.63) is 66.1 Å². The number of aryl methyl sites for hydroxylation is 1. The van der Waals surface area contributed by atoms with Crippen molar-refractivity contribution in [1.82, 2.24) is 10.1 Å². The molecule has 136 valence electrons. The van der Waals surface area contributed by atoms with Crippen molar-refractivity contribution in [2.75, 3.05) is 4.90 Å². The van der Waals surface area contributed by atoms with E-state index in [-0.39, 0.29) is 12.3 Å². The van der Waals surface area contributed by atoms with Gasteiger partial charge in [-0.1, -0.05) is 53.7 Å². The number of hydrogen-bond donors (Lipinski definition) is 1. The minimum Gasteiger partial charge on any atom is -0.368 e. The minimum absolute atomic E-state index is 0.147. The Bertz CT molecular complexity index is 984. The lowest BCUT2D eigenvalue weighted by Crippen LogP contribution is -2.46. The summed E-state index contributed by atoms with van der Waals surface area (Å²) in [5.41, 5.74) is 8.04. The van der Waals surface area contributed by atoms with Gasteiger partial charge in [-0.25, -0.2) is 0 Å². The Morgan fingerprint density at radius 3 is 2.63 bits per heavy atom. The number of carbonyl (C=O) groups is 2. The van der Waals surface area contributed by atoms with E-state index in [1.54, 1.807) is 0 Å². The first-order valence-electron chi connectivity index (χ1n) is 8.71. The summed E-state index contributed by atoms with van der Waals surface area (Å²) in [6.45, 7) is 0. The summed E-state index contributed by atoms with van der Waals surface area (Å²) in [5.74, 6) is 0.164. The second kappa shape index (κ2) is 7.03. The van der Waals surface area contributed by atoms with Crippen molar-refractivity contribution >= 4 is 17.5 Å². The molecule has 7 heteroatoms. The molecule has 2 amide bonds. The fourth-order valence-corrected chi connectivity index (χ4v) is 3.32. The summed E-state index contributed by atoms with van der Waals surface area (Å²) in [5, 5.41) is 3.96. The second-order valence-electron chi connectivity index (χ2n) is 6.39. The molecule has 0 unspecified atom stereocenters. The highest BCUT2D eigenvalue weighted by Crippen LogP contribution is 2.32. The van der Waals surface area contributed by atoms with E-state index < -0.39 is 11.9 Å². The number of anilines is 1. The van der Waals surface area contributed by atoms with E-state index in [1.165, 1.54) is 4.90 Å². The van der Waals surface area contributed by atoms with E-state index >= 15 is 0 Å². The first-order valence-corrected chi connectivity index (χ1v) is 8.71. The molecule has 7 nitrogen and oxygen atoms in total. The average molecular weight is 362 g/mol. The van der Waals surface area contributed by atoms with E-state index in [9.17, 15) is 9.59 Å². The lowest BCUT2D eigenvalue weighted by atomic mass is 10.1. The summed E-state index contributed by atoms with van der Waals surface area (Å²) in [7, 11) is 0. The molecule has 2 aromatic carbocycles. The largest absolute Gasteiger partial charge is 0.368 e. The van der Waals surface area contributed by atoms with Crippen LogP contribution in [0.25, 0.3) is 11.4 Å². The number of aromatic nitrogens is 2. The molecule has 2 N–H and O–H groups in total. The van der Waals surface area contributed by atoms with Crippen LogP contribution in [0, 0.1) is 0 Å². The van der Waals surface area contributed by atoms with Gasteiger partial charge in [0.05, 0.1) is 0 Å². The standard InChI is InChI=1S/C20H18N4O3/c21-19(26)16-12-14-8-4-5-9-15(14)24(16)18(25)11-10-17-22-20(23-27-17)13-6-2-1-3-7-13/h1-9,16H,10-12H2,(H2,21,26)/t16-/m0/s1. The van der Waals surface area contributed by atoms with Gasteiger partial charge in [-0.15, -0.1) is 0 Å². The average Bonchev–Trinajstić information content (AvgIpc) is 3.32. The van der Waals surface area contributed by atoms with Crippen molar-refractivity contribution in [2.24, 2.45) is 5.73 Å². The van der Waals surface area contributed by atoms with Gasteiger partial charge in [0, 0.05) is 30.5 Å². The highest BCUT2D eigenvalue weighted by Gasteiger charge is 2.36. The molecule has 1 aromatic heterocycles. The van der Waals surface area contributed by atoms with Crippen LogP contribution in [0.4, 0.5) is 5.69 Å². The Balaban J connectivity index is 1.48. The van der Waals surface area contributed by atoms with E-state index in [2.05, 4.69) is 10.1 Å². The van der Waals surface area contributed by atoms with Gasteiger partial charge in [-0.2, -0.15) is 4.98 Å². The zero-order valence-corrected chi connectivity index (χ0v) is 14.5. The molecule has 0 bridgehead atoms. The number of hydrogen-bond acceptors (Lipinski definition) is 5. The first-order chi connectivity index (χ1) is 13.1. The zero-order chi connectivity index (χ0) is 18.8. The summed E-state index contributed by atoms with van der Waals surface area (Å²) in [6.07, 6.45) is 0.882. The lowest BCUT2D eigenvalue weighted by molar-refractivity contribution is -0.124. The third-order valence-electron chi connectivity index (χ3n) is 4.63. The molecule has 0 saturated heterocycles. The van der Waals surface area contributed by atoms with Gasteiger partial charge in [0.1, 0.15) is 6.04 Å². The van der Waals surface area contributed by atoms with Crippen LogP contribution in [0.15, 0.2) is 59.1 Å². The maximum absolute atomic E-state index is 12.8. The van der Waals surface area contributed by atoms with Crippen LogP contribution in [0.3, 0.4) is 0 Å². The first kappa shape index (κ1) is 17.0. The predicted octanol–water partition coefficient (Wildman–Crippen LogP) is 2.11. The van der Waals surface area contributed by atoms with Crippen molar-refractivity contribution in [2.45, 2.75) is 25.3 Å². The van der Waals surface area contributed by atoms with Gasteiger partial charge in [-0.05, 0) is 11.6 Å². The molecule has 4 rings (SSSR count). The van der Waals surface area contributed by atoms with Gasteiger partial charge < -0.3 is 10.3 Å². The van der Waals surface area contributed by atoms with Crippen LogP contribution in [0.2, 0.25) is 0 Å². The molecular weight excluding hydrogens is 344 g/mol. The van der Waals surface area contributed by atoms with Crippen LogP contribution in [-0.2, 0) is 22.4 Å². The summed E-state index contributed by atoms with van der Waals surface area (Å²) < 4.78 is 5.25. The van der Waals surface area contributed by atoms with Crippen molar-refractivity contribution < 1.29 is 14.1 Å². The van der Waals surface area contributed by atoms with Crippen LogP contribution in [0.1, 0.15) is 17.9 Å². The van der Waals surface area contributed by atoms with Crippen LogP contribution in [0.5, 0.6) is 0 Å². The van der Waals surface area contributed by atoms with E-state index in [0.29, 0.717) is 24.6 Å². The Morgan fingerprint density at radius 2 is 1.85 bits per heavy atom. The number of primary amides is 1. The molecule has 0 aliphatic carbocycles. The third-order valence-corrected chi connectivity index (χ3v) is 4.63. The van der Waals surface area contributed by atoms with Crippen molar-refractivity contribution in [1.29, 1.82) is 0 Å². The van der Waals surface area contributed by atoms with E-state index in [4.69, 9.17) is 10.3 Å². The summed E-state index contributed by atoms with van der Waals surface area (Å²) in [4.78, 5) is 30.4. The monoisotopic (exact) mass is 362 g/mol. The molecule has 1 aliphatic heterocycles. The van der Waals surface area contributed by atoms with Crippen LogP contribution < -0.4 is 10.6 Å². The molecule has 0 radical (unpaired) electrons. The van der Waals surface area contributed by atoms with Gasteiger partial charge in [-0.3, -0.25) is 14.5 Å². The molecule has 2 heterocycles. The Kier molecular flexibility index (Phi) is 4.42. The normalized spacial score (nSPS) is 15.6. The number of carbonyl (C=O) groups excluding carboxylic acids is 2. The summed E-state index contributed by atoms with van der Waals surface area (Å²) in [6, 6.07) is 16.3. The Morgan fingerprint density at radius 1 is 1.11 bits per heavy atom. The highest BCUT2D eigenvalue weighted by atomic mass is 16.5. The number of nitrogens with two attached hydrogens (primary N) is 1. The van der Waals surface area contributed by atoms with E-state index in [1.807, 2.05) is 54.6 Å². The summed E-state index contributed by atoms with van der Waals surface area (Å²) >= 11 is 0. The third kappa shape index (κ3) is 3.31. The number of nitrogens with zero attached hydrogens (tertiary/aromatic N) is 3. The molecule has 27 heavy (non-hydrogen) atoms. The van der Waals surface area contributed by atoms with E-state index in [0.717, 1.165) is 16.8 Å². The number of benzene rings is 2. The predicted molar refractivity (Wildman–Crippen MR) is 98.7 cm³/mol. The Labute approximate surface area is 155 Å². The van der Waals surface area contributed by atoms with Crippen molar-refractivity contribution in [3.63, 3.8) is 0 Å². The SMILES string of the molecule is NC(=O)[C@@H]1Cc2ccccc2N1C(=O)CCc1nc(-c2ccccc2)no1. The fraction of sp³-hybridized carbons (Fsp3) is 0.200. The molecule has 1 atom stereocenters. The molecular formula is C20H18N4O3. The van der Waals surface area contributed by atoms with Gasteiger partial charge in [0.2, 0.25) is 23.5 Å².